The molecule has 0 saturated carbocycles. The molecule has 0 radical (unpaired) electrons. The van der Waals surface area contributed by atoms with Crippen molar-refractivity contribution in [2.24, 2.45) is 0 Å². The summed E-state index contributed by atoms with van der Waals surface area (Å²) in [6.45, 7) is 4.37. The van der Waals surface area contributed by atoms with Gasteiger partial charge >= 0.3 is 0 Å². The Labute approximate surface area is 185 Å². The number of fused-ring (bicyclic) bond motifs is 1. The molecule has 5 nitrogen and oxygen atoms in total. The van der Waals surface area contributed by atoms with E-state index >= 15 is 0 Å². The highest BCUT2D eigenvalue weighted by atomic mass is 32.2. The zero-order chi connectivity index (χ0) is 22.0. The van der Waals surface area contributed by atoms with Gasteiger partial charge in [0.2, 0.25) is 5.91 Å². The Morgan fingerprint density at radius 3 is 2.48 bits per heavy atom. The fraction of sp³-hybridized carbons (Fsp3) is 0.375. The van der Waals surface area contributed by atoms with Crippen molar-refractivity contribution in [3.05, 3.63) is 59.9 Å². The third kappa shape index (κ3) is 4.51. The topological polar surface area (TPSA) is 55.2 Å². The first-order valence-corrected chi connectivity index (χ1v) is 11.6. The van der Waals surface area contributed by atoms with Crippen LogP contribution in [0.3, 0.4) is 0 Å². The summed E-state index contributed by atoms with van der Waals surface area (Å²) in [5.41, 5.74) is 1.70. The van der Waals surface area contributed by atoms with E-state index in [2.05, 4.69) is 18.8 Å². The van der Waals surface area contributed by atoms with Gasteiger partial charge < -0.3 is 9.47 Å². The lowest BCUT2D eigenvalue weighted by atomic mass is 9.97. The van der Waals surface area contributed by atoms with Gasteiger partial charge in [0.05, 0.1) is 22.3 Å². The Morgan fingerprint density at radius 2 is 1.74 bits per heavy atom. The van der Waals surface area contributed by atoms with Crippen LogP contribution in [-0.4, -0.2) is 44.0 Å². The Kier molecular flexibility index (Phi) is 6.41. The molecule has 1 fully saturated rings. The van der Waals surface area contributed by atoms with Crippen LogP contribution in [0.4, 0.5) is 4.39 Å². The second-order valence-corrected chi connectivity index (χ2v) is 9.03. The van der Waals surface area contributed by atoms with Crippen LogP contribution in [0.15, 0.2) is 53.7 Å². The van der Waals surface area contributed by atoms with E-state index in [1.165, 1.54) is 23.9 Å². The number of ketones is 1. The van der Waals surface area contributed by atoms with Gasteiger partial charge in [-0.25, -0.2) is 9.37 Å². The molecule has 2 heterocycles. The predicted molar refractivity (Wildman–Crippen MR) is 121 cm³/mol. The van der Waals surface area contributed by atoms with Crippen molar-refractivity contribution < 1.29 is 14.0 Å². The molecule has 7 heteroatoms. The Balaban J connectivity index is 1.58. The quantitative estimate of drug-likeness (QED) is 0.403. The summed E-state index contributed by atoms with van der Waals surface area (Å²) in [7, 11) is 0. The number of para-hydroxylation sites is 2. The fourth-order valence-electron chi connectivity index (χ4n) is 4.34. The maximum absolute atomic E-state index is 14.0. The van der Waals surface area contributed by atoms with Crippen molar-refractivity contribution >= 4 is 34.5 Å². The minimum Gasteiger partial charge on any atom is -0.336 e. The number of Topliss-reactive ketones (excluding diaryl/α,β-unsaturated/α-hetero) is 1. The minimum atomic E-state index is -0.523. The van der Waals surface area contributed by atoms with Crippen LogP contribution in [0.5, 0.6) is 0 Å². The second kappa shape index (κ2) is 9.22. The predicted octanol–water partition coefficient (Wildman–Crippen LogP) is 4.94. The molecule has 1 saturated heterocycles. The molecular weight excluding hydrogens is 413 g/mol. The summed E-state index contributed by atoms with van der Waals surface area (Å²) < 4.78 is 15.8. The van der Waals surface area contributed by atoms with Crippen molar-refractivity contribution in [2.75, 3.05) is 5.75 Å². The van der Waals surface area contributed by atoms with Gasteiger partial charge in [0.25, 0.3) is 0 Å². The fourth-order valence-corrected chi connectivity index (χ4v) is 5.24. The Bertz CT molecular complexity index is 1100. The van der Waals surface area contributed by atoms with E-state index < -0.39 is 5.82 Å². The van der Waals surface area contributed by atoms with Crippen LogP contribution >= 0.6 is 11.8 Å². The van der Waals surface area contributed by atoms with Crippen molar-refractivity contribution in [1.29, 1.82) is 0 Å². The van der Waals surface area contributed by atoms with Crippen LogP contribution in [0.25, 0.3) is 11.0 Å². The van der Waals surface area contributed by atoms with E-state index in [9.17, 15) is 14.0 Å². The Morgan fingerprint density at radius 1 is 1.06 bits per heavy atom. The molecule has 0 spiro atoms. The Hall–Kier alpha value is -2.67. The highest BCUT2D eigenvalue weighted by Crippen LogP contribution is 2.27. The summed E-state index contributed by atoms with van der Waals surface area (Å²) >= 11 is 1.24. The smallest absolute Gasteiger partial charge is 0.243 e. The van der Waals surface area contributed by atoms with Crippen LogP contribution in [-0.2, 0) is 11.3 Å². The number of thioether (sulfide) groups is 1. The average molecular weight is 440 g/mol. The number of amides is 1. The van der Waals surface area contributed by atoms with Gasteiger partial charge in [0.15, 0.2) is 10.9 Å². The van der Waals surface area contributed by atoms with Crippen molar-refractivity contribution in [1.82, 2.24) is 14.5 Å². The molecule has 1 amide bonds. The zero-order valence-corrected chi connectivity index (χ0v) is 18.6. The molecule has 2 atom stereocenters. The van der Waals surface area contributed by atoms with Gasteiger partial charge in [-0.3, -0.25) is 9.59 Å². The minimum absolute atomic E-state index is 0.0506. The molecule has 1 aliphatic rings. The van der Waals surface area contributed by atoms with Gasteiger partial charge in [-0.2, -0.15) is 0 Å². The normalized spacial score (nSPS) is 19.0. The summed E-state index contributed by atoms with van der Waals surface area (Å²) in [6, 6.07) is 14.0. The monoisotopic (exact) mass is 439 g/mol. The lowest BCUT2D eigenvalue weighted by Gasteiger charge is -2.39. The first-order chi connectivity index (χ1) is 15.0. The lowest BCUT2D eigenvalue weighted by molar-refractivity contribution is -0.138. The van der Waals surface area contributed by atoms with Gasteiger partial charge in [-0.05, 0) is 57.4 Å². The number of aromatic nitrogens is 2. The summed E-state index contributed by atoms with van der Waals surface area (Å²) in [6.07, 6.45) is 3.17. The van der Waals surface area contributed by atoms with Gasteiger partial charge in [-0.15, -0.1) is 0 Å². The van der Waals surface area contributed by atoms with E-state index in [1.807, 2.05) is 33.7 Å². The van der Waals surface area contributed by atoms with Crippen molar-refractivity contribution in [3.8, 4) is 0 Å². The molecule has 1 aliphatic heterocycles. The zero-order valence-electron chi connectivity index (χ0n) is 17.8. The number of piperidine rings is 1. The number of nitrogens with zero attached hydrogens (tertiary/aromatic N) is 3. The highest BCUT2D eigenvalue weighted by molar-refractivity contribution is 7.99. The van der Waals surface area contributed by atoms with Gasteiger partial charge in [0, 0.05) is 12.1 Å². The number of hydrogen-bond donors (Lipinski definition) is 0. The van der Waals surface area contributed by atoms with Crippen LogP contribution in [0, 0.1) is 5.82 Å². The number of likely N-dealkylation sites (tertiary alicyclic amines) is 1. The highest BCUT2D eigenvalue weighted by Gasteiger charge is 2.29. The van der Waals surface area contributed by atoms with Gasteiger partial charge in [0.1, 0.15) is 12.4 Å². The number of hydrogen-bond acceptors (Lipinski definition) is 4. The number of rotatable bonds is 6. The van der Waals surface area contributed by atoms with E-state index in [0.717, 1.165) is 30.3 Å². The molecule has 0 bridgehead atoms. The molecule has 162 valence electrons. The summed E-state index contributed by atoms with van der Waals surface area (Å²) in [4.78, 5) is 32.4. The third-order valence-corrected chi connectivity index (χ3v) is 6.88. The van der Waals surface area contributed by atoms with Crippen LogP contribution in [0.2, 0.25) is 0 Å². The van der Waals surface area contributed by atoms with Crippen molar-refractivity contribution in [3.63, 3.8) is 0 Å². The first kappa shape index (κ1) is 21.6. The molecule has 2 aromatic carbocycles. The second-order valence-electron chi connectivity index (χ2n) is 8.09. The number of imidazole rings is 1. The molecule has 0 N–H and O–H groups in total. The summed E-state index contributed by atoms with van der Waals surface area (Å²) in [5.74, 6) is -0.712. The maximum Gasteiger partial charge on any atom is 0.243 e. The first-order valence-electron chi connectivity index (χ1n) is 10.6. The standard InChI is InChI=1S/C24H26FN3O2S/c1-16-8-7-9-17(2)28(16)23(30)14-27-21-13-6-5-12-20(21)26-24(27)31-15-22(29)18-10-3-4-11-19(18)25/h3-6,10-13,16-17H,7-9,14-15H2,1-2H3/t16-,17+. The molecule has 31 heavy (non-hydrogen) atoms. The average Bonchev–Trinajstić information content (AvgIpc) is 3.09. The lowest BCUT2D eigenvalue weighted by Crippen LogP contribution is -2.48. The van der Waals surface area contributed by atoms with Gasteiger partial charge in [-0.1, -0.05) is 36.0 Å². The van der Waals surface area contributed by atoms with E-state index in [4.69, 9.17) is 0 Å². The summed E-state index contributed by atoms with van der Waals surface area (Å²) in [5, 5.41) is 0.594. The molecule has 3 aromatic rings. The SMILES string of the molecule is C[C@@H]1CCC[C@H](C)N1C(=O)Cn1c(SCC(=O)c2ccccc2F)nc2ccccc21. The van der Waals surface area contributed by atoms with E-state index in [0.29, 0.717) is 5.16 Å². The molecule has 0 aliphatic carbocycles. The largest absolute Gasteiger partial charge is 0.336 e. The van der Waals surface area contributed by atoms with Crippen LogP contribution < -0.4 is 0 Å². The third-order valence-electron chi connectivity index (χ3n) is 5.90. The molecule has 4 rings (SSSR count). The molecule has 1 aromatic heterocycles. The van der Waals surface area contributed by atoms with Crippen LogP contribution in [0.1, 0.15) is 43.5 Å². The molecular formula is C24H26FN3O2S. The molecule has 0 unspecified atom stereocenters. The number of carbonyl (C=O) groups is 2. The number of halogens is 1. The maximum atomic E-state index is 14.0. The van der Waals surface area contributed by atoms with E-state index in [1.54, 1.807) is 12.1 Å². The van der Waals surface area contributed by atoms with E-state index in [-0.39, 0.29) is 41.6 Å². The van der Waals surface area contributed by atoms with Crippen molar-refractivity contribution in [2.45, 2.75) is 56.9 Å². The number of carbonyl (C=O) groups excluding carboxylic acids is 2. The number of benzene rings is 2.